The molecule has 2 aromatic carbocycles. The van der Waals surface area contributed by atoms with E-state index in [2.05, 4.69) is 48.1 Å². The SMILES string of the molecule is C=C(/C=C/c1ccc(F)cc1C)NC(C)c1cccc(Cc2ccncc2)c1. The number of halogens is 1. The van der Waals surface area contributed by atoms with Crippen molar-refractivity contribution in [2.45, 2.75) is 26.3 Å². The van der Waals surface area contributed by atoms with Gasteiger partial charge in [-0.25, -0.2) is 4.39 Å². The Hall–Kier alpha value is -3.20. The number of rotatable bonds is 7. The zero-order chi connectivity index (χ0) is 19.9. The molecule has 3 heteroatoms. The van der Waals surface area contributed by atoms with Gasteiger partial charge in [0.2, 0.25) is 0 Å². The first-order valence-corrected chi connectivity index (χ1v) is 9.38. The molecule has 1 N–H and O–H groups in total. The Bertz CT molecular complexity index is 977. The molecule has 0 saturated heterocycles. The minimum atomic E-state index is -0.216. The summed E-state index contributed by atoms with van der Waals surface area (Å²) in [4.78, 5) is 4.07. The largest absolute Gasteiger partial charge is 0.379 e. The normalized spacial score (nSPS) is 12.1. The van der Waals surface area contributed by atoms with Crippen LogP contribution in [0.15, 0.2) is 85.3 Å². The van der Waals surface area contributed by atoms with Crippen molar-refractivity contribution in [2.24, 2.45) is 0 Å². The molecule has 3 rings (SSSR count). The average molecular weight is 372 g/mol. The second-order valence-corrected chi connectivity index (χ2v) is 7.00. The Morgan fingerprint density at radius 1 is 1.11 bits per heavy atom. The fraction of sp³-hybridized carbons (Fsp3) is 0.160. The van der Waals surface area contributed by atoms with Crippen LogP contribution in [-0.4, -0.2) is 4.98 Å². The zero-order valence-electron chi connectivity index (χ0n) is 16.3. The van der Waals surface area contributed by atoms with Crippen LogP contribution in [0.2, 0.25) is 0 Å². The van der Waals surface area contributed by atoms with Gasteiger partial charge in [-0.05, 0) is 78.4 Å². The van der Waals surface area contributed by atoms with Crippen molar-refractivity contribution in [3.05, 3.63) is 119 Å². The van der Waals surface area contributed by atoms with Gasteiger partial charge in [-0.15, -0.1) is 0 Å². The van der Waals surface area contributed by atoms with E-state index in [9.17, 15) is 4.39 Å². The van der Waals surface area contributed by atoms with Crippen molar-refractivity contribution in [3.8, 4) is 0 Å². The second-order valence-electron chi connectivity index (χ2n) is 7.00. The third kappa shape index (κ3) is 5.40. The molecule has 1 heterocycles. The lowest BCUT2D eigenvalue weighted by atomic mass is 10.0. The molecular weight excluding hydrogens is 347 g/mol. The van der Waals surface area contributed by atoms with Crippen LogP contribution in [0.5, 0.6) is 0 Å². The van der Waals surface area contributed by atoms with Gasteiger partial charge >= 0.3 is 0 Å². The van der Waals surface area contributed by atoms with Crippen molar-refractivity contribution < 1.29 is 4.39 Å². The van der Waals surface area contributed by atoms with Gasteiger partial charge in [-0.3, -0.25) is 4.98 Å². The molecule has 142 valence electrons. The molecular formula is C25H25FN2. The molecule has 0 fully saturated rings. The highest BCUT2D eigenvalue weighted by Gasteiger charge is 2.06. The number of hydrogen-bond donors (Lipinski definition) is 1. The van der Waals surface area contributed by atoms with E-state index < -0.39 is 0 Å². The van der Waals surface area contributed by atoms with E-state index in [1.807, 2.05) is 43.6 Å². The summed E-state index contributed by atoms with van der Waals surface area (Å²) in [6.07, 6.45) is 8.41. The third-order valence-corrected chi connectivity index (χ3v) is 4.71. The predicted molar refractivity (Wildman–Crippen MR) is 114 cm³/mol. The molecule has 0 saturated carbocycles. The monoisotopic (exact) mass is 372 g/mol. The maximum absolute atomic E-state index is 13.2. The number of hydrogen-bond acceptors (Lipinski definition) is 2. The maximum atomic E-state index is 13.2. The van der Waals surface area contributed by atoms with Crippen LogP contribution in [0.25, 0.3) is 6.08 Å². The van der Waals surface area contributed by atoms with E-state index in [1.165, 1.54) is 28.8 Å². The Kier molecular flexibility index (Phi) is 6.38. The highest BCUT2D eigenvalue weighted by atomic mass is 19.1. The first-order chi connectivity index (χ1) is 13.5. The first kappa shape index (κ1) is 19.6. The summed E-state index contributed by atoms with van der Waals surface area (Å²) >= 11 is 0. The summed E-state index contributed by atoms with van der Waals surface area (Å²) in [6.45, 7) is 8.11. The minimum absolute atomic E-state index is 0.129. The van der Waals surface area contributed by atoms with Crippen LogP contribution >= 0.6 is 0 Å². The average Bonchev–Trinajstić information content (AvgIpc) is 2.68. The van der Waals surface area contributed by atoms with E-state index >= 15 is 0 Å². The molecule has 0 bridgehead atoms. The Morgan fingerprint density at radius 2 is 1.89 bits per heavy atom. The van der Waals surface area contributed by atoms with E-state index in [-0.39, 0.29) is 11.9 Å². The van der Waals surface area contributed by atoms with Crippen LogP contribution in [-0.2, 0) is 6.42 Å². The fourth-order valence-corrected chi connectivity index (χ4v) is 3.13. The summed E-state index contributed by atoms with van der Waals surface area (Å²) in [5.74, 6) is -0.216. The Morgan fingerprint density at radius 3 is 2.64 bits per heavy atom. The van der Waals surface area contributed by atoms with Crippen molar-refractivity contribution in [2.75, 3.05) is 0 Å². The fourth-order valence-electron chi connectivity index (χ4n) is 3.13. The van der Waals surface area contributed by atoms with E-state index in [1.54, 1.807) is 6.07 Å². The van der Waals surface area contributed by atoms with Gasteiger partial charge < -0.3 is 5.32 Å². The van der Waals surface area contributed by atoms with Crippen LogP contribution in [0.1, 0.15) is 40.8 Å². The molecule has 0 amide bonds. The van der Waals surface area contributed by atoms with Crippen LogP contribution in [0.3, 0.4) is 0 Å². The number of nitrogens with zero attached hydrogens (tertiary/aromatic N) is 1. The molecule has 1 unspecified atom stereocenters. The molecule has 1 atom stereocenters. The Labute approximate surface area is 166 Å². The lowest BCUT2D eigenvalue weighted by Crippen LogP contribution is -2.16. The van der Waals surface area contributed by atoms with E-state index in [4.69, 9.17) is 0 Å². The second kappa shape index (κ2) is 9.14. The van der Waals surface area contributed by atoms with Crippen LogP contribution in [0.4, 0.5) is 4.39 Å². The van der Waals surface area contributed by atoms with Gasteiger partial charge in [0.05, 0.1) is 0 Å². The lowest BCUT2D eigenvalue weighted by Gasteiger charge is -2.17. The number of pyridine rings is 1. The number of allylic oxidation sites excluding steroid dienone is 1. The molecule has 0 aliphatic carbocycles. The van der Waals surface area contributed by atoms with E-state index in [0.717, 1.165) is 23.2 Å². The Balaban J connectivity index is 1.63. The summed E-state index contributed by atoms with van der Waals surface area (Å²) < 4.78 is 13.2. The quantitative estimate of drug-likeness (QED) is 0.515. The van der Waals surface area contributed by atoms with Gasteiger partial charge in [0, 0.05) is 24.1 Å². The van der Waals surface area contributed by atoms with Crippen LogP contribution in [0, 0.1) is 12.7 Å². The molecule has 0 radical (unpaired) electrons. The first-order valence-electron chi connectivity index (χ1n) is 9.38. The summed E-state index contributed by atoms with van der Waals surface area (Å²) in [7, 11) is 0. The van der Waals surface area contributed by atoms with E-state index in [0.29, 0.717) is 0 Å². The highest BCUT2D eigenvalue weighted by molar-refractivity contribution is 5.56. The highest BCUT2D eigenvalue weighted by Crippen LogP contribution is 2.18. The standard InChI is InChI=1S/C25H25FN2/c1-18-15-25(26)10-9-23(18)8-7-19(2)28-20(3)24-6-4-5-22(17-24)16-21-11-13-27-14-12-21/h4-15,17,20,28H,2,16H2,1,3H3/b8-7+. The smallest absolute Gasteiger partial charge is 0.123 e. The van der Waals surface area contributed by atoms with Crippen molar-refractivity contribution in [1.82, 2.24) is 10.3 Å². The molecule has 3 aromatic rings. The summed E-state index contributed by atoms with van der Waals surface area (Å²) in [5, 5.41) is 3.42. The molecule has 0 aliphatic heterocycles. The number of aromatic nitrogens is 1. The number of nitrogens with one attached hydrogen (secondary N) is 1. The van der Waals surface area contributed by atoms with Gasteiger partial charge in [0.25, 0.3) is 0 Å². The number of aryl methyl sites for hydroxylation is 1. The van der Waals surface area contributed by atoms with Crippen molar-refractivity contribution in [3.63, 3.8) is 0 Å². The van der Waals surface area contributed by atoms with Gasteiger partial charge in [-0.1, -0.05) is 43.0 Å². The summed E-state index contributed by atoms with van der Waals surface area (Å²) in [6, 6.07) is 17.6. The van der Waals surface area contributed by atoms with Gasteiger partial charge in [0.15, 0.2) is 0 Å². The van der Waals surface area contributed by atoms with Crippen molar-refractivity contribution >= 4 is 6.08 Å². The predicted octanol–water partition coefficient (Wildman–Crippen LogP) is 6.00. The third-order valence-electron chi connectivity index (χ3n) is 4.71. The van der Waals surface area contributed by atoms with Crippen LogP contribution < -0.4 is 5.32 Å². The van der Waals surface area contributed by atoms with Gasteiger partial charge in [0.1, 0.15) is 5.82 Å². The maximum Gasteiger partial charge on any atom is 0.123 e. The summed E-state index contributed by atoms with van der Waals surface area (Å²) in [5.41, 5.74) is 6.42. The molecule has 0 aliphatic rings. The molecule has 28 heavy (non-hydrogen) atoms. The minimum Gasteiger partial charge on any atom is -0.379 e. The van der Waals surface area contributed by atoms with Gasteiger partial charge in [-0.2, -0.15) is 0 Å². The van der Waals surface area contributed by atoms with Crippen molar-refractivity contribution in [1.29, 1.82) is 0 Å². The number of benzene rings is 2. The molecule has 2 nitrogen and oxygen atoms in total. The molecule has 1 aromatic heterocycles. The topological polar surface area (TPSA) is 24.9 Å². The lowest BCUT2D eigenvalue weighted by molar-refractivity contribution is 0.626. The zero-order valence-corrected chi connectivity index (χ0v) is 16.3. The molecule has 0 spiro atoms.